The Hall–Kier alpha value is -2.77. The molecule has 0 spiro atoms. The molecule has 0 aliphatic carbocycles. The largest absolute Gasteiger partial charge is 0.508 e. The van der Waals surface area contributed by atoms with Crippen molar-refractivity contribution >= 4 is 17.9 Å². The van der Waals surface area contributed by atoms with Crippen molar-refractivity contribution < 1.29 is 24.2 Å². The van der Waals surface area contributed by atoms with E-state index in [-0.39, 0.29) is 18.2 Å². The van der Waals surface area contributed by atoms with Gasteiger partial charge in [0.25, 0.3) is 0 Å². The molecule has 1 unspecified atom stereocenters. The van der Waals surface area contributed by atoms with Gasteiger partial charge in [-0.3, -0.25) is 9.59 Å². The number of amides is 3. The van der Waals surface area contributed by atoms with Crippen molar-refractivity contribution in [2.75, 3.05) is 13.1 Å². The first-order chi connectivity index (χ1) is 15.1. The van der Waals surface area contributed by atoms with Gasteiger partial charge in [-0.25, -0.2) is 4.79 Å². The van der Waals surface area contributed by atoms with Crippen LogP contribution in [-0.4, -0.2) is 52.1 Å². The van der Waals surface area contributed by atoms with Crippen LogP contribution in [0.4, 0.5) is 4.79 Å². The average Bonchev–Trinajstić information content (AvgIpc) is 2.65. The Bertz CT molecular complexity index is 824. The first-order valence-corrected chi connectivity index (χ1v) is 11.5. The number of carbonyl (C=O) groups excluding carboxylic acids is 3. The van der Waals surface area contributed by atoms with Crippen molar-refractivity contribution in [3.8, 4) is 5.75 Å². The van der Waals surface area contributed by atoms with Crippen LogP contribution in [0.3, 0.4) is 0 Å². The maximum Gasteiger partial charge on any atom is 0.408 e. The molecule has 0 aliphatic rings. The van der Waals surface area contributed by atoms with Crippen LogP contribution in [0.2, 0.25) is 0 Å². The highest BCUT2D eigenvalue weighted by molar-refractivity contribution is 5.90. The Kier molecular flexibility index (Phi) is 10.2. The molecule has 3 N–H and O–H groups in total. The van der Waals surface area contributed by atoms with E-state index in [4.69, 9.17) is 4.74 Å². The maximum atomic E-state index is 13.4. The molecule has 0 saturated heterocycles. The van der Waals surface area contributed by atoms with Gasteiger partial charge in [0.1, 0.15) is 23.9 Å². The predicted octanol–water partition coefficient (Wildman–Crippen LogP) is 4.20. The van der Waals surface area contributed by atoms with Gasteiger partial charge < -0.3 is 25.4 Å². The standard InChI is InChI=1S/C25H41N3O5/c1-9-10-11-14-28(20(30)16-26-23(32)33-25(6,7)8)21(22(31)27-24(3,4)5)18-12-13-19(29)17(2)15-18/h12-13,15,21,29H,9-11,14,16H2,1-8H3,(H,26,32)(H,27,31). The van der Waals surface area contributed by atoms with Crippen LogP contribution in [0, 0.1) is 6.92 Å². The lowest BCUT2D eigenvalue weighted by Gasteiger charge is -2.34. The number of aryl methyl sites for hydroxylation is 1. The summed E-state index contributed by atoms with van der Waals surface area (Å²) in [5.41, 5.74) is 0.00367. The first-order valence-electron chi connectivity index (χ1n) is 11.5. The van der Waals surface area contributed by atoms with Crippen molar-refractivity contribution in [2.45, 2.75) is 91.8 Å². The molecule has 1 rings (SSSR count). The molecular weight excluding hydrogens is 422 g/mol. The summed E-state index contributed by atoms with van der Waals surface area (Å²) in [7, 11) is 0. The van der Waals surface area contributed by atoms with E-state index in [2.05, 4.69) is 17.6 Å². The summed E-state index contributed by atoms with van der Waals surface area (Å²) in [6, 6.07) is 3.98. The van der Waals surface area contributed by atoms with Gasteiger partial charge in [-0.1, -0.05) is 25.8 Å². The highest BCUT2D eigenvalue weighted by atomic mass is 16.6. The topological polar surface area (TPSA) is 108 Å². The molecule has 0 aliphatic heterocycles. The van der Waals surface area contributed by atoms with Crippen LogP contribution >= 0.6 is 0 Å². The minimum Gasteiger partial charge on any atom is -0.508 e. The zero-order valence-electron chi connectivity index (χ0n) is 21.4. The van der Waals surface area contributed by atoms with Crippen molar-refractivity contribution in [3.05, 3.63) is 29.3 Å². The summed E-state index contributed by atoms with van der Waals surface area (Å²) < 4.78 is 5.23. The summed E-state index contributed by atoms with van der Waals surface area (Å²) in [6.07, 6.45) is 1.87. The number of alkyl carbamates (subject to hydrolysis) is 1. The Morgan fingerprint density at radius 1 is 1.09 bits per heavy atom. The van der Waals surface area contributed by atoms with E-state index < -0.39 is 29.2 Å². The Balaban J connectivity index is 3.28. The Morgan fingerprint density at radius 2 is 1.73 bits per heavy atom. The second-order valence-electron chi connectivity index (χ2n) is 10.3. The van der Waals surface area contributed by atoms with E-state index in [9.17, 15) is 19.5 Å². The van der Waals surface area contributed by atoms with Crippen molar-refractivity contribution in [1.82, 2.24) is 15.5 Å². The van der Waals surface area contributed by atoms with E-state index in [1.807, 2.05) is 20.8 Å². The molecule has 0 aromatic heterocycles. The molecule has 1 aromatic carbocycles. The third kappa shape index (κ3) is 10.1. The zero-order valence-corrected chi connectivity index (χ0v) is 21.4. The monoisotopic (exact) mass is 463 g/mol. The Morgan fingerprint density at radius 3 is 2.24 bits per heavy atom. The number of hydrogen-bond donors (Lipinski definition) is 3. The normalized spacial score (nSPS) is 12.6. The number of ether oxygens (including phenoxy) is 1. The molecular formula is C25H41N3O5. The minimum absolute atomic E-state index is 0.115. The fourth-order valence-electron chi connectivity index (χ4n) is 3.25. The number of rotatable bonds is 9. The van der Waals surface area contributed by atoms with E-state index in [0.717, 1.165) is 12.8 Å². The van der Waals surface area contributed by atoms with Gasteiger partial charge in [0.2, 0.25) is 11.8 Å². The van der Waals surface area contributed by atoms with Crippen LogP contribution in [0.25, 0.3) is 0 Å². The van der Waals surface area contributed by atoms with Crippen LogP contribution in [0.5, 0.6) is 5.75 Å². The van der Waals surface area contributed by atoms with Gasteiger partial charge in [0.15, 0.2) is 0 Å². The van der Waals surface area contributed by atoms with Crippen LogP contribution in [0.1, 0.15) is 84.9 Å². The van der Waals surface area contributed by atoms with Gasteiger partial charge in [0.05, 0.1) is 0 Å². The third-order valence-electron chi connectivity index (χ3n) is 4.70. The number of unbranched alkanes of at least 4 members (excludes halogenated alkanes) is 2. The van der Waals surface area contributed by atoms with E-state index in [1.54, 1.807) is 39.8 Å². The van der Waals surface area contributed by atoms with E-state index >= 15 is 0 Å². The second-order valence-corrected chi connectivity index (χ2v) is 10.3. The molecule has 186 valence electrons. The molecule has 0 radical (unpaired) electrons. The van der Waals surface area contributed by atoms with Crippen LogP contribution in [0.15, 0.2) is 18.2 Å². The molecule has 33 heavy (non-hydrogen) atoms. The van der Waals surface area contributed by atoms with Gasteiger partial charge in [-0.15, -0.1) is 0 Å². The van der Waals surface area contributed by atoms with E-state index in [1.165, 1.54) is 11.0 Å². The number of aromatic hydroxyl groups is 1. The maximum absolute atomic E-state index is 13.4. The number of hydrogen-bond acceptors (Lipinski definition) is 5. The first kappa shape index (κ1) is 28.3. The van der Waals surface area contributed by atoms with E-state index in [0.29, 0.717) is 24.1 Å². The third-order valence-corrected chi connectivity index (χ3v) is 4.70. The number of nitrogens with zero attached hydrogens (tertiary/aromatic N) is 1. The van der Waals surface area contributed by atoms with Crippen molar-refractivity contribution in [1.29, 1.82) is 0 Å². The summed E-state index contributed by atoms with van der Waals surface area (Å²) in [6.45, 7) is 14.7. The van der Waals surface area contributed by atoms with Gasteiger partial charge in [0, 0.05) is 12.1 Å². The highest BCUT2D eigenvalue weighted by Crippen LogP contribution is 2.27. The lowest BCUT2D eigenvalue weighted by Crippen LogP contribution is -2.51. The fourth-order valence-corrected chi connectivity index (χ4v) is 3.25. The summed E-state index contributed by atoms with van der Waals surface area (Å²) >= 11 is 0. The SMILES string of the molecule is CCCCCN(C(=O)CNC(=O)OC(C)(C)C)C(C(=O)NC(C)(C)C)c1ccc(O)c(C)c1. The quantitative estimate of drug-likeness (QED) is 0.476. The number of carbonyl (C=O) groups is 3. The molecule has 0 heterocycles. The number of nitrogens with one attached hydrogen (secondary N) is 2. The summed E-state index contributed by atoms with van der Waals surface area (Å²) in [5, 5.41) is 15.4. The lowest BCUT2D eigenvalue weighted by molar-refractivity contribution is -0.141. The highest BCUT2D eigenvalue weighted by Gasteiger charge is 2.33. The molecule has 0 fully saturated rings. The molecule has 8 heteroatoms. The molecule has 8 nitrogen and oxygen atoms in total. The average molecular weight is 464 g/mol. The summed E-state index contributed by atoms with van der Waals surface area (Å²) in [4.78, 5) is 40.2. The molecule has 1 aromatic rings. The van der Waals surface area contributed by atoms with Gasteiger partial charge in [-0.05, 0) is 78.1 Å². The second kappa shape index (κ2) is 11.9. The molecule has 0 bridgehead atoms. The predicted molar refractivity (Wildman–Crippen MR) is 129 cm³/mol. The van der Waals surface area contributed by atoms with Crippen LogP contribution < -0.4 is 10.6 Å². The number of phenols is 1. The van der Waals surface area contributed by atoms with Gasteiger partial charge >= 0.3 is 6.09 Å². The molecule has 3 amide bonds. The lowest BCUT2D eigenvalue weighted by atomic mass is 9.99. The Labute approximate surface area is 198 Å². The fraction of sp³-hybridized carbons (Fsp3) is 0.640. The number of phenolic OH excluding ortho intramolecular Hbond substituents is 1. The van der Waals surface area contributed by atoms with Crippen molar-refractivity contribution in [2.24, 2.45) is 0 Å². The van der Waals surface area contributed by atoms with Crippen LogP contribution in [-0.2, 0) is 14.3 Å². The van der Waals surface area contributed by atoms with Crippen molar-refractivity contribution in [3.63, 3.8) is 0 Å². The summed E-state index contributed by atoms with van der Waals surface area (Å²) in [5.74, 6) is -0.601. The smallest absolute Gasteiger partial charge is 0.408 e. The minimum atomic E-state index is -0.909. The molecule has 0 saturated carbocycles. The molecule has 1 atom stereocenters. The number of benzene rings is 1. The van der Waals surface area contributed by atoms with Gasteiger partial charge in [-0.2, -0.15) is 0 Å². The zero-order chi connectivity index (χ0) is 25.4.